The van der Waals surface area contributed by atoms with Gasteiger partial charge in [0.2, 0.25) is 0 Å². The van der Waals surface area contributed by atoms with E-state index in [1.54, 1.807) is 7.11 Å². The summed E-state index contributed by atoms with van der Waals surface area (Å²) in [6.45, 7) is 15.9. The Bertz CT molecular complexity index is 917. The number of fused-ring (bicyclic) bond motifs is 1. The molecular weight excluding hydrogens is 360 g/mol. The van der Waals surface area contributed by atoms with Crippen LogP contribution < -0.4 is 19.8 Å². The summed E-state index contributed by atoms with van der Waals surface area (Å²) in [7, 11) is -0.312. The number of allylic oxidation sites excluding steroid dienone is 1. The zero-order valence-electron chi connectivity index (χ0n) is 18.1. The van der Waals surface area contributed by atoms with E-state index in [-0.39, 0.29) is 5.41 Å². The number of ether oxygens (including phenoxy) is 2. The molecule has 2 aromatic rings. The first-order valence-corrected chi connectivity index (χ1v) is 13.0. The third-order valence-electron chi connectivity index (χ3n) is 5.62. The molecule has 1 aliphatic rings. The van der Waals surface area contributed by atoms with Crippen molar-refractivity contribution in [3.63, 3.8) is 0 Å². The lowest BCUT2D eigenvalue weighted by molar-refractivity contribution is 0.351. The molecule has 148 valence electrons. The summed E-state index contributed by atoms with van der Waals surface area (Å²) in [6, 6.07) is 11.1. The van der Waals surface area contributed by atoms with Crippen molar-refractivity contribution >= 4 is 24.5 Å². The van der Waals surface area contributed by atoms with Crippen molar-refractivity contribution in [1.29, 1.82) is 0 Å². The summed E-state index contributed by atoms with van der Waals surface area (Å²) < 4.78 is 12.0. The maximum absolute atomic E-state index is 6.31. The molecule has 0 saturated heterocycles. The minimum absolute atomic E-state index is 0.0528. The molecule has 0 fully saturated rings. The van der Waals surface area contributed by atoms with Gasteiger partial charge in [-0.2, -0.15) is 0 Å². The Morgan fingerprint density at radius 3 is 2.54 bits per heavy atom. The van der Waals surface area contributed by atoms with Crippen LogP contribution in [0.1, 0.15) is 37.5 Å². The van der Waals surface area contributed by atoms with Crippen molar-refractivity contribution in [2.45, 2.75) is 45.7 Å². The number of hydrogen-bond donors (Lipinski definition) is 0. The normalized spacial score (nSPS) is 13.4. The quantitative estimate of drug-likeness (QED) is 0.511. The lowest BCUT2D eigenvalue weighted by atomic mass is 9.86. The van der Waals surface area contributed by atoms with Crippen LogP contribution in [0.5, 0.6) is 11.5 Å². The third kappa shape index (κ3) is 3.68. The van der Waals surface area contributed by atoms with Gasteiger partial charge in [0.1, 0.15) is 26.2 Å². The molecule has 0 unspecified atom stereocenters. The van der Waals surface area contributed by atoms with Gasteiger partial charge >= 0.3 is 0 Å². The molecule has 0 radical (unpaired) electrons. The van der Waals surface area contributed by atoms with E-state index in [0.717, 1.165) is 17.9 Å². The lowest BCUT2D eigenvalue weighted by Crippen LogP contribution is -2.55. The van der Waals surface area contributed by atoms with Crippen LogP contribution in [0.25, 0.3) is 6.08 Å². The Balaban J connectivity index is 2.28. The van der Waals surface area contributed by atoms with Crippen molar-refractivity contribution in [2.75, 3.05) is 13.7 Å². The van der Waals surface area contributed by atoms with E-state index in [1.807, 2.05) is 6.08 Å². The summed E-state index contributed by atoms with van der Waals surface area (Å²) in [5.41, 5.74) is 3.95. The van der Waals surface area contributed by atoms with Gasteiger partial charge in [-0.3, -0.25) is 0 Å². The SMILES string of the molecule is C=CCOc1c(C(C)(C)C)cc(OC)cc1[Si](C)(C)c1cccc2c1C=CC2. The Labute approximate surface area is 170 Å². The molecule has 3 rings (SSSR count). The molecule has 0 aromatic heterocycles. The van der Waals surface area contributed by atoms with Gasteiger partial charge in [0.25, 0.3) is 0 Å². The molecule has 2 nitrogen and oxygen atoms in total. The van der Waals surface area contributed by atoms with Gasteiger partial charge in [-0.05, 0) is 45.5 Å². The smallest absolute Gasteiger partial charge is 0.123 e. The first kappa shape index (κ1) is 20.5. The number of rotatable bonds is 6. The summed E-state index contributed by atoms with van der Waals surface area (Å²) in [4.78, 5) is 0. The largest absolute Gasteiger partial charge is 0.497 e. The van der Waals surface area contributed by atoms with Gasteiger partial charge < -0.3 is 9.47 Å². The lowest BCUT2D eigenvalue weighted by Gasteiger charge is -2.32. The number of methoxy groups -OCH3 is 1. The molecule has 0 bridgehead atoms. The molecule has 0 saturated carbocycles. The fraction of sp³-hybridized carbons (Fsp3) is 0.360. The summed E-state index contributed by atoms with van der Waals surface area (Å²) in [5.74, 6) is 1.90. The molecule has 0 atom stereocenters. The van der Waals surface area contributed by atoms with E-state index in [0.29, 0.717) is 6.61 Å². The van der Waals surface area contributed by atoms with E-state index in [9.17, 15) is 0 Å². The first-order chi connectivity index (χ1) is 13.2. The molecule has 0 spiro atoms. The average molecular weight is 393 g/mol. The minimum Gasteiger partial charge on any atom is -0.497 e. The highest BCUT2D eigenvalue weighted by Crippen LogP contribution is 2.35. The molecule has 3 heteroatoms. The summed E-state index contributed by atoms with van der Waals surface area (Å²) >= 11 is 0. The molecule has 2 aromatic carbocycles. The van der Waals surface area contributed by atoms with Crippen LogP contribution in [0.15, 0.2) is 49.1 Å². The van der Waals surface area contributed by atoms with E-state index in [1.165, 1.54) is 27.1 Å². The standard InChI is InChI=1S/C25H32O2Si/c1-8-15-27-24-21(25(2,3)4)16-19(26-5)17-23(24)28(6,7)22-14-10-12-18-11-9-13-20(18)22/h8-10,12-14,16-17H,1,11,15H2,2-7H3. The highest BCUT2D eigenvalue weighted by atomic mass is 28.3. The van der Waals surface area contributed by atoms with Crippen molar-refractivity contribution in [3.05, 3.63) is 65.8 Å². The van der Waals surface area contributed by atoms with Gasteiger partial charge in [0, 0.05) is 5.56 Å². The average Bonchev–Trinajstić information content (AvgIpc) is 3.13. The van der Waals surface area contributed by atoms with Crippen LogP contribution in [-0.4, -0.2) is 21.8 Å². The summed E-state index contributed by atoms with van der Waals surface area (Å²) in [5, 5.41) is 2.74. The molecule has 1 aliphatic carbocycles. The topological polar surface area (TPSA) is 18.5 Å². The van der Waals surface area contributed by atoms with Crippen molar-refractivity contribution < 1.29 is 9.47 Å². The van der Waals surface area contributed by atoms with Crippen LogP contribution in [0.4, 0.5) is 0 Å². The van der Waals surface area contributed by atoms with Crippen LogP contribution in [0, 0.1) is 0 Å². The van der Waals surface area contributed by atoms with E-state index in [2.05, 4.69) is 82.9 Å². The monoisotopic (exact) mass is 392 g/mol. The van der Waals surface area contributed by atoms with Crippen LogP contribution in [0.2, 0.25) is 13.1 Å². The Morgan fingerprint density at radius 2 is 1.89 bits per heavy atom. The molecule has 0 aliphatic heterocycles. The maximum atomic E-state index is 6.31. The first-order valence-electron chi connectivity index (χ1n) is 9.95. The van der Waals surface area contributed by atoms with Crippen LogP contribution in [0.3, 0.4) is 0 Å². The molecular formula is C25H32O2Si. The maximum Gasteiger partial charge on any atom is 0.123 e. The predicted molar refractivity (Wildman–Crippen MR) is 123 cm³/mol. The van der Waals surface area contributed by atoms with E-state index >= 15 is 0 Å². The number of hydrogen-bond acceptors (Lipinski definition) is 2. The zero-order chi connectivity index (χ0) is 20.5. The van der Waals surface area contributed by atoms with E-state index in [4.69, 9.17) is 9.47 Å². The Kier molecular flexibility index (Phi) is 5.58. The van der Waals surface area contributed by atoms with Crippen LogP contribution in [-0.2, 0) is 11.8 Å². The minimum atomic E-state index is -2.06. The van der Waals surface area contributed by atoms with Gasteiger partial charge in [0.05, 0.1) is 7.11 Å². The van der Waals surface area contributed by atoms with E-state index < -0.39 is 8.07 Å². The molecule has 0 N–H and O–H groups in total. The fourth-order valence-corrected chi connectivity index (χ4v) is 7.02. The van der Waals surface area contributed by atoms with Gasteiger partial charge in [0.15, 0.2) is 0 Å². The highest BCUT2D eigenvalue weighted by molar-refractivity contribution is 7.01. The van der Waals surface area contributed by atoms with Gasteiger partial charge in [-0.15, -0.1) is 0 Å². The summed E-state index contributed by atoms with van der Waals surface area (Å²) in [6.07, 6.45) is 7.39. The third-order valence-corrected chi connectivity index (χ3v) is 9.12. The second kappa shape index (κ2) is 7.63. The Morgan fingerprint density at radius 1 is 1.14 bits per heavy atom. The predicted octanol–water partition coefficient (Wildman–Crippen LogP) is 4.95. The van der Waals surface area contributed by atoms with Gasteiger partial charge in [-0.1, -0.05) is 76.9 Å². The molecule has 28 heavy (non-hydrogen) atoms. The van der Waals surface area contributed by atoms with Crippen molar-refractivity contribution in [2.24, 2.45) is 0 Å². The second-order valence-electron chi connectivity index (χ2n) is 9.01. The van der Waals surface area contributed by atoms with Crippen molar-refractivity contribution in [3.8, 4) is 11.5 Å². The van der Waals surface area contributed by atoms with Crippen molar-refractivity contribution in [1.82, 2.24) is 0 Å². The van der Waals surface area contributed by atoms with Gasteiger partial charge in [-0.25, -0.2) is 0 Å². The molecule has 0 amide bonds. The second-order valence-corrected chi connectivity index (χ2v) is 13.3. The fourth-order valence-electron chi connectivity index (χ4n) is 4.02. The number of benzene rings is 2. The zero-order valence-corrected chi connectivity index (χ0v) is 19.1. The highest BCUT2D eigenvalue weighted by Gasteiger charge is 2.35. The Hall–Kier alpha value is -2.26. The van der Waals surface area contributed by atoms with Crippen LogP contribution >= 0.6 is 0 Å². The molecule has 0 heterocycles.